The van der Waals surface area contributed by atoms with E-state index in [9.17, 15) is 0 Å². The van der Waals surface area contributed by atoms with Crippen molar-refractivity contribution in [3.63, 3.8) is 0 Å². The Bertz CT molecular complexity index is 501. The minimum Gasteiger partial charge on any atom is -0.491 e. The maximum Gasteiger partial charge on any atom is 0.138 e. The van der Waals surface area contributed by atoms with E-state index in [4.69, 9.17) is 26.5 Å². The third-order valence-electron chi connectivity index (χ3n) is 2.21. The minimum atomic E-state index is -0.321. The first-order chi connectivity index (χ1) is 8.16. The second-order valence-corrected chi connectivity index (χ2v) is 4.80. The van der Waals surface area contributed by atoms with E-state index in [2.05, 4.69) is 15.9 Å². The molecule has 1 heterocycles. The lowest BCUT2D eigenvalue weighted by atomic mass is 10.2. The van der Waals surface area contributed by atoms with Gasteiger partial charge in [0.2, 0.25) is 0 Å². The van der Waals surface area contributed by atoms with Crippen LogP contribution in [0.3, 0.4) is 0 Å². The Morgan fingerprint density at radius 2 is 2.24 bits per heavy atom. The smallest absolute Gasteiger partial charge is 0.138 e. The molecule has 3 nitrogen and oxygen atoms in total. The molecule has 2 rings (SSSR count). The van der Waals surface area contributed by atoms with E-state index < -0.39 is 0 Å². The molecule has 0 radical (unpaired) electrons. The number of furan rings is 1. The first kappa shape index (κ1) is 12.5. The third kappa shape index (κ3) is 3.25. The zero-order valence-electron chi connectivity index (χ0n) is 8.90. The van der Waals surface area contributed by atoms with E-state index in [0.29, 0.717) is 23.1 Å². The number of nitrogens with two attached hydrogens (primary N) is 1. The van der Waals surface area contributed by atoms with Crippen LogP contribution in [0.4, 0.5) is 0 Å². The van der Waals surface area contributed by atoms with Crippen molar-refractivity contribution >= 4 is 27.5 Å². The molecule has 1 aromatic heterocycles. The molecule has 0 fully saturated rings. The van der Waals surface area contributed by atoms with Gasteiger partial charge in [-0.2, -0.15) is 0 Å². The zero-order chi connectivity index (χ0) is 12.3. The summed E-state index contributed by atoms with van der Waals surface area (Å²) in [5.41, 5.74) is 5.94. The van der Waals surface area contributed by atoms with E-state index in [-0.39, 0.29) is 6.04 Å². The van der Waals surface area contributed by atoms with Gasteiger partial charge in [0.1, 0.15) is 18.1 Å². The van der Waals surface area contributed by atoms with Crippen molar-refractivity contribution in [2.75, 3.05) is 6.61 Å². The molecular formula is C12H11BrClNO2. The Morgan fingerprint density at radius 3 is 2.88 bits per heavy atom. The largest absolute Gasteiger partial charge is 0.491 e. The lowest BCUT2D eigenvalue weighted by Crippen LogP contribution is -2.18. The van der Waals surface area contributed by atoms with Gasteiger partial charge < -0.3 is 14.9 Å². The number of hydrogen-bond acceptors (Lipinski definition) is 3. The van der Waals surface area contributed by atoms with Gasteiger partial charge >= 0.3 is 0 Å². The average Bonchev–Trinajstić information content (AvgIpc) is 2.72. The predicted octanol–water partition coefficient (Wildman–Crippen LogP) is 3.77. The highest BCUT2D eigenvalue weighted by Crippen LogP contribution is 2.24. The lowest BCUT2D eigenvalue weighted by Gasteiger charge is -2.11. The van der Waals surface area contributed by atoms with Crippen molar-refractivity contribution in [3.05, 3.63) is 51.9 Å². The van der Waals surface area contributed by atoms with Gasteiger partial charge in [-0.25, -0.2) is 0 Å². The highest BCUT2D eigenvalue weighted by Gasteiger charge is 2.14. The summed E-state index contributed by atoms with van der Waals surface area (Å²) in [4.78, 5) is 0. The molecule has 0 saturated heterocycles. The van der Waals surface area contributed by atoms with E-state index >= 15 is 0 Å². The molecule has 1 unspecified atom stereocenters. The van der Waals surface area contributed by atoms with E-state index in [1.54, 1.807) is 24.5 Å². The number of rotatable bonds is 4. The molecule has 17 heavy (non-hydrogen) atoms. The first-order valence-electron chi connectivity index (χ1n) is 5.03. The molecule has 0 saturated carbocycles. The molecule has 0 bridgehead atoms. The van der Waals surface area contributed by atoms with Crippen LogP contribution < -0.4 is 10.5 Å². The standard InChI is InChI=1S/C12H11BrClNO2/c13-10-4-5-16-12(10)11(15)7-17-9-3-1-2-8(14)6-9/h1-6,11H,7,15H2. The highest BCUT2D eigenvalue weighted by atomic mass is 79.9. The van der Waals surface area contributed by atoms with Crippen molar-refractivity contribution in [3.8, 4) is 5.75 Å². The number of ether oxygens (including phenoxy) is 1. The average molecular weight is 317 g/mol. The van der Waals surface area contributed by atoms with E-state index in [1.165, 1.54) is 0 Å². The first-order valence-corrected chi connectivity index (χ1v) is 6.21. The molecule has 2 N–H and O–H groups in total. The maximum absolute atomic E-state index is 5.94. The number of benzene rings is 1. The molecule has 5 heteroatoms. The van der Waals surface area contributed by atoms with Crippen LogP contribution in [0.25, 0.3) is 0 Å². The molecule has 2 aromatic rings. The van der Waals surface area contributed by atoms with Crippen molar-refractivity contribution in [2.45, 2.75) is 6.04 Å². The zero-order valence-corrected chi connectivity index (χ0v) is 11.2. The number of halogens is 2. The quantitative estimate of drug-likeness (QED) is 0.934. The van der Waals surface area contributed by atoms with Crippen LogP contribution in [-0.2, 0) is 0 Å². The van der Waals surface area contributed by atoms with Gasteiger partial charge in [-0.3, -0.25) is 0 Å². The van der Waals surface area contributed by atoms with Crippen molar-refractivity contribution in [1.82, 2.24) is 0 Å². The minimum absolute atomic E-state index is 0.321. The van der Waals surface area contributed by atoms with Gasteiger partial charge in [0.25, 0.3) is 0 Å². The third-order valence-corrected chi connectivity index (χ3v) is 3.10. The summed E-state index contributed by atoms with van der Waals surface area (Å²) in [6.07, 6.45) is 1.58. The fourth-order valence-corrected chi connectivity index (χ4v) is 2.06. The van der Waals surface area contributed by atoms with Crippen LogP contribution >= 0.6 is 27.5 Å². The monoisotopic (exact) mass is 315 g/mol. The van der Waals surface area contributed by atoms with Gasteiger partial charge in [0.05, 0.1) is 16.8 Å². The van der Waals surface area contributed by atoms with Gasteiger partial charge in [0, 0.05) is 5.02 Å². The summed E-state index contributed by atoms with van der Waals surface area (Å²) >= 11 is 9.20. The van der Waals surface area contributed by atoms with Crippen LogP contribution in [-0.4, -0.2) is 6.61 Å². The van der Waals surface area contributed by atoms with Crippen molar-refractivity contribution < 1.29 is 9.15 Å². The molecule has 90 valence electrons. The molecule has 0 amide bonds. The molecular weight excluding hydrogens is 305 g/mol. The fraction of sp³-hybridized carbons (Fsp3) is 0.167. The molecule has 0 aliphatic rings. The highest BCUT2D eigenvalue weighted by molar-refractivity contribution is 9.10. The van der Waals surface area contributed by atoms with E-state index in [1.807, 2.05) is 12.1 Å². The Morgan fingerprint density at radius 1 is 1.41 bits per heavy atom. The molecule has 0 aliphatic heterocycles. The summed E-state index contributed by atoms with van der Waals surface area (Å²) in [7, 11) is 0. The summed E-state index contributed by atoms with van der Waals surface area (Å²) in [5.74, 6) is 1.36. The van der Waals surface area contributed by atoms with Gasteiger partial charge in [0.15, 0.2) is 0 Å². The van der Waals surface area contributed by atoms with E-state index in [0.717, 1.165) is 4.47 Å². The fourth-order valence-electron chi connectivity index (χ4n) is 1.39. The van der Waals surface area contributed by atoms with Gasteiger partial charge in [-0.05, 0) is 40.2 Å². The van der Waals surface area contributed by atoms with Crippen LogP contribution in [0.2, 0.25) is 5.02 Å². The van der Waals surface area contributed by atoms with Crippen LogP contribution in [0.1, 0.15) is 11.8 Å². The van der Waals surface area contributed by atoms with Crippen LogP contribution in [0, 0.1) is 0 Å². The maximum atomic E-state index is 5.94. The molecule has 0 aliphatic carbocycles. The SMILES string of the molecule is NC(COc1cccc(Cl)c1)c1occc1Br. The Labute approximate surface area is 113 Å². The summed E-state index contributed by atoms with van der Waals surface area (Å²) < 4.78 is 11.6. The van der Waals surface area contributed by atoms with Crippen LogP contribution in [0.15, 0.2) is 45.5 Å². The van der Waals surface area contributed by atoms with Gasteiger partial charge in [-0.15, -0.1) is 0 Å². The van der Waals surface area contributed by atoms with Crippen molar-refractivity contribution in [1.29, 1.82) is 0 Å². The second kappa shape index (κ2) is 5.58. The second-order valence-electron chi connectivity index (χ2n) is 3.51. The Kier molecular flexibility index (Phi) is 4.10. The topological polar surface area (TPSA) is 48.4 Å². The molecule has 1 atom stereocenters. The van der Waals surface area contributed by atoms with Gasteiger partial charge in [-0.1, -0.05) is 17.7 Å². The summed E-state index contributed by atoms with van der Waals surface area (Å²) in [5, 5.41) is 0.634. The Balaban J connectivity index is 1.97. The predicted molar refractivity (Wildman–Crippen MR) is 70.3 cm³/mol. The summed E-state index contributed by atoms with van der Waals surface area (Å²) in [6.45, 7) is 0.326. The normalized spacial score (nSPS) is 12.4. The number of hydrogen-bond donors (Lipinski definition) is 1. The lowest BCUT2D eigenvalue weighted by molar-refractivity contribution is 0.272. The van der Waals surface area contributed by atoms with Crippen molar-refractivity contribution in [2.24, 2.45) is 5.73 Å². The molecule has 1 aromatic carbocycles. The summed E-state index contributed by atoms with van der Waals surface area (Å²) in [6, 6.07) is 8.66. The molecule has 0 spiro atoms. The Hall–Kier alpha value is -0.970. The van der Waals surface area contributed by atoms with Crippen LogP contribution in [0.5, 0.6) is 5.75 Å².